The lowest BCUT2D eigenvalue weighted by atomic mass is 10.0. The van der Waals surface area contributed by atoms with E-state index in [1.807, 2.05) is 67.6 Å². The van der Waals surface area contributed by atoms with Gasteiger partial charge in [0.05, 0.1) is 11.4 Å². The van der Waals surface area contributed by atoms with Gasteiger partial charge >= 0.3 is 0 Å². The molecule has 1 amide bonds. The third kappa shape index (κ3) is 4.11. The topological polar surface area (TPSA) is 57.7 Å². The van der Waals surface area contributed by atoms with Crippen molar-refractivity contribution >= 4 is 21.6 Å². The number of aryl methyl sites for hydroxylation is 1. The summed E-state index contributed by atoms with van der Waals surface area (Å²) in [4.78, 5) is 15.4. The summed E-state index contributed by atoms with van der Waals surface area (Å²) in [5.74, 6) is -0.266. The molecule has 3 aromatic rings. The first-order valence-electron chi connectivity index (χ1n) is 10.1. The van der Waals surface area contributed by atoms with E-state index in [4.69, 9.17) is 0 Å². The van der Waals surface area contributed by atoms with Crippen LogP contribution >= 0.6 is 0 Å². The second kappa shape index (κ2) is 8.40. The third-order valence-electron chi connectivity index (χ3n) is 5.40. The van der Waals surface area contributed by atoms with E-state index in [1.165, 1.54) is 4.31 Å². The Morgan fingerprint density at radius 1 is 0.903 bits per heavy atom. The van der Waals surface area contributed by atoms with Crippen molar-refractivity contribution in [1.82, 2.24) is 4.31 Å². The van der Waals surface area contributed by atoms with E-state index in [2.05, 4.69) is 6.58 Å². The zero-order valence-electron chi connectivity index (χ0n) is 17.3. The highest BCUT2D eigenvalue weighted by Crippen LogP contribution is 2.32. The molecule has 31 heavy (non-hydrogen) atoms. The van der Waals surface area contributed by atoms with Gasteiger partial charge in [0.2, 0.25) is 0 Å². The Hall–Kier alpha value is -3.38. The minimum atomic E-state index is -3.95. The Kier molecular flexibility index (Phi) is 5.65. The Morgan fingerprint density at radius 3 is 2.10 bits per heavy atom. The van der Waals surface area contributed by atoms with Crippen molar-refractivity contribution in [3.8, 4) is 0 Å². The van der Waals surface area contributed by atoms with E-state index in [1.54, 1.807) is 29.2 Å². The minimum absolute atomic E-state index is 0.110. The second-order valence-corrected chi connectivity index (χ2v) is 9.46. The van der Waals surface area contributed by atoms with Crippen LogP contribution in [0.25, 0.3) is 0 Å². The molecular formula is C25H24N2O3S. The van der Waals surface area contributed by atoms with Crippen LogP contribution in [0.2, 0.25) is 0 Å². The predicted molar refractivity (Wildman–Crippen MR) is 122 cm³/mol. The molecule has 0 aliphatic carbocycles. The molecule has 158 valence electrons. The number of para-hydroxylation sites is 1. The van der Waals surface area contributed by atoms with Gasteiger partial charge in [0.15, 0.2) is 0 Å². The van der Waals surface area contributed by atoms with Gasteiger partial charge in [0.1, 0.15) is 6.04 Å². The molecule has 1 aliphatic heterocycles. The quantitative estimate of drug-likeness (QED) is 0.608. The van der Waals surface area contributed by atoms with Gasteiger partial charge < -0.3 is 4.90 Å². The van der Waals surface area contributed by atoms with Crippen LogP contribution < -0.4 is 4.90 Å². The van der Waals surface area contributed by atoms with E-state index >= 15 is 0 Å². The van der Waals surface area contributed by atoms with Gasteiger partial charge in [-0.3, -0.25) is 9.10 Å². The van der Waals surface area contributed by atoms with Crippen molar-refractivity contribution in [2.45, 2.75) is 24.3 Å². The molecule has 0 spiro atoms. The summed E-state index contributed by atoms with van der Waals surface area (Å²) in [6.45, 7) is 6.07. The molecule has 1 aliphatic rings. The summed E-state index contributed by atoms with van der Waals surface area (Å²) in [6.07, 6.45) is 0.257. The fourth-order valence-electron chi connectivity index (χ4n) is 3.83. The summed E-state index contributed by atoms with van der Waals surface area (Å²) in [7, 11) is -3.95. The molecule has 1 unspecified atom stereocenters. The number of hydrogen-bond donors (Lipinski definition) is 0. The lowest BCUT2D eigenvalue weighted by Gasteiger charge is -2.42. The van der Waals surface area contributed by atoms with E-state index < -0.39 is 16.1 Å². The first-order valence-corrected chi connectivity index (χ1v) is 11.5. The maximum absolute atomic E-state index is 13.6. The molecule has 0 bridgehead atoms. The number of rotatable bonds is 5. The number of hydrogen-bond acceptors (Lipinski definition) is 3. The van der Waals surface area contributed by atoms with E-state index in [0.29, 0.717) is 5.70 Å². The van der Waals surface area contributed by atoms with Crippen molar-refractivity contribution in [1.29, 1.82) is 0 Å². The standard InChI is InChI=1S/C25H24N2O3S/c1-19-13-15-23(16-14-19)31(29,30)27-20(2)18-26(22-11-7-4-8-12-22)25(28)24(27)17-21-9-5-3-6-10-21/h3-16,24H,2,17-18H2,1H3. The molecule has 0 radical (unpaired) electrons. The normalized spacial score (nSPS) is 17.1. The number of piperazine rings is 1. The molecule has 4 rings (SSSR count). The Labute approximate surface area is 183 Å². The molecule has 5 nitrogen and oxygen atoms in total. The van der Waals surface area contributed by atoms with Crippen molar-refractivity contribution in [3.05, 3.63) is 108 Å². The van der Waals surface area contributed by atoms with Crippen molar-refractivity contribution in [2.75, 3.05) is 11.4 Å². The van der Waals surface area contributed by atoms with Crippen LogP contribution in [0.5, 0.6) is 0 Å². The molecule has 3 aromatic carbocycles. The average Bonchev–Trinajstić information content (AvgIpc) is 2.77. The number of sulfonamides is 1. The fourth-order valence-corrected chi connectivity index (χ4v) is 5.43. The smallest absolute Gasteiger partial charge is 0.264 e. The van der Waals surface area contributed by atoms with Gasteiger partial charge in [0, 0.05) is 17.8 Å². The molecule has 1 atom stereocenters. The van der Waals surface area contributed by atoms with Crippen LogP contribution in [-0.2, 0) is 21.2 Å². The zero-order valence-corrected chi connectivity index (χ0v) is 18.1. The van der Waals surface area contributed by atoms with E-state index in [0.717, 1.165) is 16.8 Å². The van der Waals surface area contributed by atoms with Crippen molar-refractivity contribution in [2.24, 2.45) is 0 Å². The van der Waals surface area contributed by atoms with Crippen molar-refractivity contribution < 1.29 is 13.2 Å². The molecule has 1 saturated heterocycles. The van der Waals surface area contributed by atoms with Crippen LogP contribution in [0.4, 0.5) is 5.69 Å². The highest BCUT2D eigenvalue weighted by molar-refractivity contribution is 7.89. The molecular weight excluding hydrogens is 408 g/mol. The van der Waals surface area contributed by atoms with Crippen LogP contribution in [-0.4, -0.2) is 31.2 Å². The summed E-state index contributed by atoms with van der Waals surface area (Å²) in [5.41, 5.74) is 2.93. The Balaban J connectivity index is 1.78. The fraction of sp³-hybridized carbons (Fsp3) is 0.160. The van der Waals surface area contributed by atoms with Crippen LogP contribution in [0, 0.1) is 6.92 Å². The second-order valence-electron chi connectivity index (χ2n) is 7.65. The zero-order chi connectivity index (χ0) is 22.0. The van der Waals surface area contributed by atoms with Gasteiger partial charge in [-0.2, -0.15) is 0 Å². The van der Waals surface area contributed by atoms with Gasteiger partial charge in [-0.15, -0.1) is 0 Å². The van der Waals surface area contributed by atoms with Crippen LogP contribution in [0.15, 0.2) is 102 Å². The van der Waals surface area contributed by atoms with E-state index in [-0.39, 0.29) is 23.8 Å². The van der Waals surface area contributed by atoms with Gasteiger partial charge in [-0.1, -0.05) is 72.8 Å². The summed E-state index contributed by atoms with van der Waals surface area (Å²) < 4.78 is 28.4. The van der Waals surface area contributed by atoms with E-state index in [9.17, 15) is 13.2 Å². The number of carbonyl (C=O) groups excluding carboxylic acids is 1. The lowest BCUT2D eigenvalue weighted by Crippen LogP contribution is -2.58. The molecule has 0 saturated carbocycles. The largest absolute Gasteiger partial charge is 0.305 e. The number of benzene rings is 3. The first-order chi connectivity index (χ1) is 14.9. The molecule has 0 aromatic heterocycles. The number of nitrogens with zero attached hydrogens (tertiary/aromatic N) is 2. The molecule has 1 fully saturated rings. The highest BCUT2D eigenvalue weighted by Gasteiger charge is 2.43. The third-order valence-corrected chi connectivity index (χ3v) is 7.30. The Morgan fingerprint density at radius 2 is 1.48 bits per heavy atom. The highest BCUT2D eigenvalue weighted by atomic mass is 32.2. The maximum Gasteiger partial charge on any atom is 0.264 e. The van der Waals surface area contributed by atoms with Crippen LogP contribution in [0.3, 0.4) is 0 Å². The van der Waals surface area contributed by atoms with Gasteiger partial charge in [-0.05, 0) is 36.8 Å². The number of anilines is 1. The molecule has 1 heterocycles. The monoisotopic (exact) mass is 432 g/mol. The van der Waals surface area contributed by atoms with Gasteiger partial charge in [0.25, 0.3) is 15.9 Å². The summed E-state index contributed by atoms with van der Waals surface area (Å²) in [6, 6.07) is 24.5. The first kappa shape index (κ1) is 20.9. The Bertz CT molecular complexity index is 1190. The average molecular weight is 433 g/mol. The summed E-state index contributed by atoms with van der Waals surface area (Å²) >= 11 is 0. The van der Waals surface area contributed by atoms with Crippen LogP contribution in [0.1, 0.15) is 11.1 Å². The summed E-state index contributed by atoms with van der Waals surface area (Å²) in [5, 5.41) is 0. The predicted octanol–water partition coefficient (Wildman–Crippen LogP) is 4.16. The van der Waals surface area contributed by atoms with Gasteiger partial charge in [-0.25, -0.2) is 8.42 Å². The lowest BCUT2D eigenvalue weighted by molar-refractivity contribution is -0.122. The maximum atomic E-state index is 13.6. The molecule has 0 N–H and O–H groups in total. The molecule has 6 heteroatoms. The number of carbonyl (C=O) groups is 1. The SMILES string of the molecule is C=C1CN(c2ccccc2)C(=O)C(Cc2ccccc2)N1S(=O)(=O)c1ccc(C)cc1. The van der Waals surface area contributed by atoms with Crippen molar-refractivity contribution in [3.63, 3.8) is 0 Å². The minimum Gasteiger partial charge on any atom is -0.305 e. The number of amides is 1.